The van der Waals surface area contributed by atoms with Crippen molar-refractivity contribution < 1.29 is 4.74 Å². The summed E-state index contributed by atoms with van der Waals surface area (Å²) in [4.78, 5) is 3.19. The van der Waals surface area contributed by atoms with Crippen LogP contribution in [0.3, 0.4) is 0 Å². The summed E-state index contributed by atoms with van der Waals surface area (Å²) in [5.74, 6) is 1.66. The molecule has 0 saturated heterocycles. The quantitative estimate of drug-likeness (QED) is 0.503. The average molecular weight is 292 g/mol. The van der Waals surface area contributed by atoms with E-state index in [-0.39, 0.29) is 0 Å². The monoisotopic (exact) mass is 291 g/mol. The van der Waals surface area contributed by atoms with Crippen LogP contribution in [0.4, 0.5) is 0 Å². The third kappa shape index (κ3) is 6.21. The maximum absolute atomic E-state index is 5.62. The molecule has 2 nitrogen and oxygen atoms in total. The lowest BCUT2D eigenvalue weighted by Gasteiger charge is -2.34. The minimum absolute atomic E-state index is 0.753. The zero-order valence-electron chi connectivity index (χ0n) is 10.9. The fraction of sp³-hybridized carbons (Fsp3) is 1.00. The first-order valence-electron chi connectivity index (χ1n) is 6.48. The van der Waals surface area contributed by atoms with Gasteiger partial charge in [0, 0.05) is 24.5 Å². The SMILES string of the molecule is CC(C)CCOCCN(C)CC1CC(Br)C1. The number of ether oxygens (including phenoxy) is 1. The summed E-state index contributed by atoms with van der Waals surface area (Å²) in [6, 6.07) is 0. The van der Waals surface area contributed by atoms with Crippen LogP contribution in [0, 0.1) is 11.8 Å². The van der Waals surface area contributed by atoms with Crippen LogP contribution in [-0.4, -0.2) is 43.1 Å². The molecule has 0 heterocycles. The van der Waals surface area contributed by atoms with Crippen molar-refractivity contribution in [3.05, 3.63) is 0 Å². The van der Waals surface area contributed by atoms with Crippen molar-refractivity contribution in [1.29, 1.82) is 0 Å². The predicted molar refractivity (Wildman–Crippen MR) is 73.2 cm³/mol. The van der Waals surface area contributed by atoms with Gasteiger partial charge in [-0.3, -0.25) is 0 Å². The van der Waals surface area contributed by atoms with E-state index >= 15 is 0 Å². The molecule has 0 aromatic rings. The van der Waals surface area contributed by atoms with Gasteiger partial charge in [-0.1, -0.05) is 29.8 Å². The molecule has 1 rings (SSSR count). The molecule has 0 spiro atoms. The van der Waals surface area contributed by atoms with Crippen molar-refractivity contribution in [3.63, 3.8) is 0 Å². The molecule has 0 bridgehead atoms. The second-order valence-corrected chi connectivity index (χ2v) is 6.79. The Hall–Kier alpha value is 0.400. The fourth-order valence-electron chi connectivity index (χ4n) is 1.98. The van der Waals surface area contributed by atoms with E-state index in [1.165, 1.54) is 25.8 Å². The molecular formula is C13H26BrNO. The van der Waals surface area contributed by atoms with E-state index in [0.29, 0.717) is 0 Å². The minimum atomic E-state index is 0.753. The van der Waals surface area contributed by atoms with Gasteiger partial charge in [0.05, 0.1) is 6.61 Å². The molecule has 0 aromatic carbocycles. The molecule has 1 aliphatic rings. The Morgan fingerprint density at radius 1 is 1.31 bits per heavy atom. The highest BCUT2D eigenvalue weighted by Gasteiger charge is 2.27. The molecule has 0 radical (unpaired) electrons. The van der Waals surface area contributed by atoms with E-state index in [1.54, 1.807) is 0 Å². The van der Waals surface area contributed by atoms with Crippen LogP contribution in [0.5, 0.6) is 0 Å². The Bertz CT molecular complexity index is 181. The second kappa shape index (κ2) is 7.67. The summed E-state index contributed by atoms with van der Waals surface area (Å²) < 4.78 is 5.62. The van der Waals surface area contributed by atoms with Crippen molar-refractivity contribution >= 4 is 15.9 Å². The van der Waals surface area contributed by atoms with E-state index in [2.05, 4.69) is 41.7 Å². The van der Waals surface area contributed by atoms with E-state index in [0.717, 1.165) is 36.4 Å². The Morgan fingerprint density at radius 2 is 2.00 bits per heavy atom. The standard InChI is InChI=1S/C13H26BrNO/c1-11(2)4-6-16-7-5-15(3)10-12-8-13(14)9-12/h11-13H,4-10H2,1-3H3. The Balaban J connectivity index is 1.88. The first-order valence-corrected chi connectivity index (χ1v) is 7.40. The van der Waals surface area contributed by atoms with Gasteiger partial charge in [-0.2, -0.15) is 0 Å². The molecule has 0 amide bonds. The zero-order valence-corrected chi connectivity index (χ0v) is 12.5. The lowest BCUT2D eigenvalue weighted by molar-refractivity contribution is 0.0941. The van der Waals surface area contributed by atoms with Crippen LogP contribution in [0.1, 0.15) is 33.1 Å². The summed E-state index contributed by atoms with van der Waals surface area (Å²) in [6.45, 7) is 8.58. The third-order valence-electron chi connectivity index (χ3n) is 3.20. The molecule has 0 aliphatic heterocycles. The van der Waals surface area contributed by atoms with Gasteiger partial charge in [0.1, 0.15) is 0 Å². The van der Waals surface area contributed by atoms with Crippen molar-refractivity contribution in [1.82, 2.24) is 4.90 Å². The Kier molecular flexibility index (Phi) is 6.94. The van der Waals surface area contributed by atoms with Gasteiger partial charge in [0.15, 0.2) is 0 Å². The number of alkyl halides is 1. The highest BCUT2D eigenvalue weighted by Crippen LogP contribution is 2.33. The van der Waals surface area contributed by atoms with Crippen LogP contribution in [0.15, 0.2) is 0 Å². The summed E-state index contributed by atoms with van der Waals surface area (Å²) >= 11 is 3.63. The van der Waals surface area contributed by atoms with E-state index in [1.807, 2.05) is 0 Å². The smallest absolute Gasteiger partial charge is 0.0593 e. The molecule has 1 saturated carbocycles. The van der Waals surface area contributed by atoms with Gasteiger partial charge < -0.3 is 9.64 Å². The zero-order chi connectivity index (χ0) is 12.0. The van der Waals surface area contributed by atoms with Gasteiger partial charge in [-0.25, -0.2) is 0 Å². The predicted octanol–water partition coefficient (Wildman–Crippen LogP) is 3.15. The van der Waals surface area contributed by atoms with Crippen molar-refractivity contribution in [2.45, 2.75) is 37.9 Å². The first-order chi connectivity index (χ1) is 7.58. The maximum Gasteiger partial charge on any atom is 0.0593 e. The van der Waals surface area contributed by atoms with E-state index in [4.69, 9.17) is 4.74 Å². The first kappa shape index (κ1) is 14.5. The highest BCUT2D eigenvalue weighted by atomic mass is 79.9. The second-order valence-electron chi connectivity index (χ2n) is 5.49. The molecule has 0 unspecified atom stereocenters. The van der Waals surface area contributed by atoms with Crippen LogP contribution in [0.2, 0.25) is 0 Å². The lowest BCUT2D eigenvalue weighted by atomic mass is 9.85. The van der Waals surface area contributed by atoms with Crippen molar-refractivity contribution in [3.8, 4) is 0 Å². The Morgan fingerprint density at radius 3 is 2.56 bits per heavy atom. The van der Waals surface area contributed by atoms with Gasteiger partial charge in [-0.15, -0.1) is 0 Å². The van der Waals surface area contributed by atoms with Gasteiger partial charge in [0.25, 0.3) is 0 Å². The van der Waals surface area contributed by atoms with Crippen LogP contribution in [0.25, 0.3) is 0 Å². The maximum atomic E-state index is 5.62. The lowest BCUT2D eigenvalue weighted by Crippen LogP contribution is -2.36. The molecular weight excluding hydrogens is 266 g/mol. The average Bonchev–Trinajstić information content (AvgIpc) is 2.14. The van der Waals surface area contributed by atoms with Crippen LogP contribution < -0.4 is 0 Å². The summed E-state index contributed by atoms with van der Waals surface area (Å²) in [7, 11) is 2.20. The van der Waals surface area contributed by atoms with Crippen LogP contribution in [-0.2, 0) is 4.74 Å². The van der Waals surface area contributed by atoms with Crippen molar-refractivity contribution in [2.75, 3.05) is 33.4 Å². The van der Waals surface area contributed by atoms with Gasteiger partial charge >= 0.3 is 0 Å². The Labute approximate surface area is 109 Å². The van der Waals surface area contributed by atoms with Crippen molar-refractivity contribution in [2.24, 2.45) is 11.8 Å². The molecule has 3 heteroatoms. The molecule has 0 aromatic heterocycles. The van der Waals surface area contributed by atoms with E-state index in [9.17, 15) is 0 Å². The molecule has 0 N–H and O–H groups in total. The van der Waals surface area contributed by atoms with Crippen LogP contribution >= 0.6 is 15.9 Å². The number of likely N-dealkylation sites (N-methyl/N-ethyl adjacent to an activating group) is 1. The summed E-state index contributed by atoms with van der Waals surface area (Å²) in [5, 5.41) is 0. The topological polar surface area (TPSA) is 12.5 Å². The molecule has 96 valence electrons. The van der Waals surface area contributed by atoms with Gasteiger partial charge in [-0.05, 0) is 38.1 Å². The molecule has 1 aliphatic carbocycles. The summed E-state index contributed by atoms with van der Waals surface area (Å²) in [5.41, 5.74) is 0. The molecule has 16 heavy (non-hydrogen) atoms. The number of hydrogen-bond acceptors (Lipinski definition) is 2. The molecule has 0 atom stereocenters. The molecule has 1 fully saturated rings. The minimum Gasteiger partial charge on any atom is -0.380 e. The third-order valence-corrected chi connectivity index (χ3v) is 3.95. The number of hydrogen-bond donors (Lipinski definition) is 0. The van der Waals surface area contributed by atoms with E-state index < -0.39 is 0 Å². The number of rotatable bonds is 8. The van der Waals surface area contributed by atoms with Gasteiger partial charge in [0.2, 0.25) is 0 Å². The highest BCUT2D eigenvalue weighted by molar-refractivity contribution is 9.09. The normalized spacial score (nSPS) is 25.1. The number of halogens is 1. The largest absolute Gasteiger partial charge is 0.380 e. The fourth-order valence-corrected chi connectivity index (χ4v) is 3.03. The summed E-state index contributed by atoms with van der Waals surface area (Å²) in [6.07, 6.45) is 3.87. The number of nitrogens with zero attached hydrogens (tertiary/aromatic N) is 1.